The summed E-state index contributed by atoms with van der Waals surface area (Å²) in [5.41, 5.74) is 1.04. The molecule has 6 heteroatoms. The Kier molecular flexibility index (Phi) is 8.55. The third kappa shape index (κ3) is 6.39. The van der Waals surface area contributed by atoms with Gasteiger partial charge in [0.15, 0.2) is 5.96 Å². The average molecular weight is 419 g/mol. The second kappa shape index (κ2) is 9.89. The van der Waals surface area contributed by atoms with Crippen LogP contribution in [0.3, 0.4) is 0 Å². The van der Waals surface area contributed by atoms with Crippen LogP contribution in [-0.4, -0.2) is 48.2 Å². The Balaban J connectivity index is 0.00000242. The Morgan fingerprint density at radius 1 is 1.50 bits per heavy atom. The summed E-state index contributed by atoms with van der Waals surface area (Å²) in [5, 5.41) is 13.0. The van der Waals surface area contributed by atoms with Gasteiger partial charge in [-0.1, -0.05) is 12.2 Å². The molecule has 5 nitrogen and oxygen atoms in total. The van der Waals surface area contributed by atoms with Gasteiger partial charge in [-0.25, -0.2) is 4.99 Å². The number of piperidine rings is 1. The molecule has 1 aromatic heterocycles. The lowest BCUT2D eigenvalue weighted by Crippen LogP contribution is -2.47. The fraction of sp³-hybridized carbons (Fsp3) is 0.562. The van der Waals surface area contributed by atoms with Crippen molar-refractivity contribution >= 4 is 29.9 Å². The minimum absolute atomic E-state index is 0. The van der Waals surface area contributed by atoms with Crippen LogP contribution >= 0.6 is 24.0 Å². The highest BCUT2D eigenvalue weighted by Gasteiger charge is 2.19. The van der Waals surface area contributed by atoms with Crippen LogP contribution in [-0.2, 0) is 6.42 Å². The van der Waals surface area contributed by atoms with Gasteiger partial charge >= 0.3 is 0 Å². The highest BCUT2D eigenvalue weighted by atomic mass is 127. The lowest BCUT2D eigenvalue weighted by molar-refractivity contribution is 0.108. The van der Waals surface area contributed by atoms with Crippen molar-refractivity contribution in [3.8, 4) is 0 Å². The molecule has 1 saturated heterocycles. The number of hydrogen-bond donors (Lipinski definition) is 2. The molecule has 0 aliphatic carbocycles. The zero-order valence-corrected chi connectivity index (χ0v) is 15.5. The number of nitrogens with zero attached hydrogens (tertiary/aromatic N) is 2. The third-order valence-electron chi connectivity index (χ3n) is 3.50. The molecule has 1 fully saturated rings. The summed E-state index contributed by atoms with van der Waals surface area (Å²) in [6.45, 7) is 8.95. The van der Waals surface area contributed by atoms with Crippen LogP contribution in [0.1, 0.15) is 25.5 Å². The number of guanidine groups is 1. The number of aliphatic hydroxyl groups excluding tert-OH is 1. The van der Waals surface area contributed by atoms with Crippen LogP contribution in [0.2, 0.25) is 0 Å². The van der Waals surface area contributed by atoms with Gasteiger partial charge in [-0.15, -0.1) is 24.0 Å². The van der Waals surface area contributed by atoms with E-state index in [-0.39, 0.29) is 30.1 Å². The summed E-state index contributed by atoms with van der Waals surface area (Å²) in [5.74, 6) is 1.87. The molecule has 0 unspecified atom stereocenters. The maximum Gasteiger partial charge on any atom is 0.194 e. The Morgan fingerprint density at radius 3 is 2.82 bits per heavy atom. The van der Waals surface area contributed by atoms with E-state index in [0.717, 1.165) is 56.2 Å². The zero-order chi connectivity index (χ0) is 15.1. The fourth-order valence-corrected chi connectivity index (χ4v) is 2.31. The summed E-state index contributed by atoms with van der Waals surface area (Å²) in [7, 11) is 0. The van der Waals surface area contributed by atoms with Gasteiger partial charge in [-0.2, -0.15) is 0 Å². The predicted molar refractivity (Wildman–Crippen MR) is 99.8 cm³/mol. The van der Waals surface area contributed by atoms with E-state index in [0.29, 0.717) is 6.54 Å². The van der Waals surface area contributed by atoms with Gasteiger partial charge in [0.1, 0.15) is 5.76 Å². The highest BCUT2D eigenvalue weighted by Crippen LogP contribution is 2.10. The van der Waals surface area contributed by atoms with Crippen molar-refractivity contribution in [2.75, 3.05) is 26.2 Å². The van der Waals surface area contributed by atoms with Gasteiger partial charge < -0.3 is 19.7 Å². The van der Waals surface area contributed by atoms with Crippen molar-refractivity contribution in [2.24, 2.45) is 4.99 Å². The first-order valence-corrected chi connectivity index (χ1v) is 7.53. The molecule has 0 amide bonds. The van der Waals surface area contributed by atoms with Crippen LogP contribution in [0.5, 0.6) is 0 Å². The molecular weight excluding hydrogens is 393 g/mol. The summed E-state index contributed by atoms with van der Waals surface area (Å²) < 4.78 is 5.33. The lowest BCUT2D eigenvalue weighted by atomic mass is 10.1. The highest BCUT2D eigenvalue weighted by molar-refractivity contribution is 14.0. The minimum Gasteiger partial charge on any atom is -0.469 e. The van der Waals surface area contributed by atoms with Gasteiger partial charge in [0.25, 0.3) is 0 Å². The molecule has 0 bridgehead atoms. The van der Waals surface area contributed by atoms with Crippen LogP contribution in [0.15, 0.2) is 40.0 Å². The standard InChI is InChI=1S/C16H25N3O2.HI/c1-13(2)12-18-16(19-9-6-14(20)7-10-19)17-8-5-15-4-3-11-21-15;/h3-4,11,14,20H,1,5-10,12H2,2H3,(H,17,18);1H. The lowest BCUT2D eigenvalue weighted by Gasteiger charge is -2.32. The molecule has 1 aliphatic heterocycles. The van der Waals surface area contributed by atoms with Gasteiger partial charge in [-0.05, 0) is 31.9 Å². The molecule has 1 aliphatic rings. The monoisotopic (exact) mass is 419 g/mol. The average Bonchev–Trinajstić information content (AvgIpc) is 2.97. The topological polar surface area (TPSA) is 61.0 Å². The number of nitrogens with one attached hydrogen (secondary N) is 1. The summed E-state index contributed by atoms with van der Waals surface area (Å²) in [6.07, 6.45) is 3.94. The molecule has 0 radical (unpaired) electrons. The van der Waals surface area contributed by atoms with Crippen LogP contribution in [0.4, 0.5) is 0 Å². The van der Waals surface area contributed by atoms with E-state index in [2.05, 4.69) is 21.8 Å². The number of rotatable bonds is 5. The molecule has 1 aromatic rings. The predicted octanol–water partition coefficient (Wildman–Crippen LogP) is 2.42. The molecule has 0 atom stereocenters. The largest absolute Gasteiger partial charge is 0.469 e. The van der Waals surface area contributed by atoms with Crippen molar-refractivity contribution < 1.29 is 9.52 Å². The van der Waals surface area contributed by atoms with Gasteiger partial charge in [0, 0.05) is 26.1 Å². The Bertz CT molecular complexity index is 466. The van der Waals surface area contributed by atoms with Gasteiger partial charge in [0.2, 0.25) is 0 Å². The summed E-state index contributed by atoms with van der Waals surface area (Å²) in [4.78, 5) is 6.82. The number of hydrogen-bond acceptors (Lipinski definition) is 3. The third-order valence-corrected chi connectivity index (χ3v) is 3.50. The van der Waals surface area contributed by atoms with Crippen molar-refractivity contribution in [2.45, 2.75) is 32.3 Å². The quantitative estimate of drug-likeness (QED) is 0.333. The van der Waals surface area contributed by atoms with Gasteiger partial charge in [-0.3, -0.25) is 0 Å². The van der Waals surface area contributed by atoms with Crippen molar-refractivity contribution in [1.82, 2.24) is 10.2 Å². The smallest absolute Gasteiger partial charge is 0.194 e. The molecular formula is C16H26IN3O2. The molecule has 22 heavy (non-hydrogen) atoms. The first kappa shape index (κ1) is 19.0. The van der Waals surface area contributed by atoms with Crippen LogP contribution in [0.25, 0.3) is 0 Å². The fourth-order valence-electron chi connectivity index (χ4n) is 2.31. The van der Waals surface area contributed by atoms with E-state index in [9.17, 15) is 5.11 Å². The minimum atomic E-state index is -0.174. The maximum atomic E-state index is 9.61. The van der Waals surface area contributed by atoms with Gasteiger partial charge in [0.05, 0.1) is 18.9 Å². The van der Waals surface area contributed by atoms with Crippen molar-refractivity contribution in [3.63, 3.8) is 0 Å². The molecule has 0 saturated carbocycles. The molecule has 124 valence electrons. The van der Waals surface area contributed by atoms with Crippen molar-refractivity contribution in [1.29, 1.82) is 0 Å². The Hall–Kier alpha value is -1.02. The van der Waals surface area contributed by atoms with E-state index in [1.807, 2.05) is 19.1 Å². The number of likely N-dealkylation sites (tertiary alicyclic amines) is 1. The number of halogens is 1. The number of aliphatic imine (C=N–C) groups is 1. The zero-order valence-electron chi connectivity index (χ0n) is 13.1. The maximum absolute atomic E-state index is 9.61. The number of aliphatic hydroxyl groups is 1. The first-order valence-electron chi connectivity index (χ1n) is 7.53. The van der Waals surface area contributed by atoms with E-state index >= 15 is 0 Å². The first-order chi connectivity index (χ1) is 10.1. The molecule has 2 N–H and O–H groups in total. The molecule has 2 rings (SSSR count). The van der Waals surface area contributed by atoms with E-state index < -0.39 is 0 Å². The second-order valence-corrected chi connectivity index (χ2v) is 5.57. The molecule has 0 aromatic carbocycles. The summed E-state index contributed by atoms with van der Waals surface area (Å²) in [6, 6.07) is 3.88. The van der Waals surface area contributed by atoms with Crippen molar-refractivity contribution in [3.05, 3.63) is 36.3 Å². The number of furan rings is 1. The summed E-state index contributed by atoms with van der Waals surface area (Å²) >= 11 is 0. The Morgan fingerprint density at radius 2 is 2.23 bits per heavy atom. The SMILES string of the molecule is C=C(C)CN=C(NCCc1ccco1)N1CCC(O)CC1.I. The molecule has 0 spiro atoms. The van der Waals surface area contributed by atoms with E-state index in [1.165, 1.54) is 0 Å². The van der Waals surface area contributed by atoms with E-state index in [1.54, 1.807) is 6.26 Å². The Labute approximate surface area is 149 Å². The van der Waals surface area contributed by atoms with E-state index in [4.69, 9.17) is 4.42 Å². The van der Waals surface area contributed by atoms with Crippen LogP contribution < -0.4 is 5.32 Å². The second-order valence-electron chi connectivity index (χ2n) is 5.57. The normalized spacial score (nSPS) is 16.3. The van der Waals surface area contributed by atoms with Crippen LogP contribution in [0, 0.1) is 0 Å². The molecule has 2 heterocycles.